The summed E-state index contributed by atoms with van der Waals surface area (Å²) in [5.41, 5.74) is 4.21. The second-order valence-corrected chi connectivity index (χ2v) is 4.94. The lowest BCUT2D eigenvalue weighted by molar-refractivity contribution is 0.0945. The molecule has 2 heteroatoms. The molecule has 0 saturated heterocycles. The van der Waals surface area contributed by atoms with Gasteiger partial charge in [-0.15, -0.1) is 0 Å². The van der Waals surface area contributed by atoms with Crippen LogP contribution in [0.1, 0.15) is 30.5 Å². The van der Waals surface area contributed by atoms with Crippen LogP contribution >= 0.6 is 0 Å². The maximum atomic E-state index is 9.65. The highest BCUT2D eigenvalue weighted by Crippen LogP contribution is 2.22. The number of hydrogen-bond donors (Lipinski definition) is 2. The first-order valence-corrected chi connectivity index (χ1v) is 5.34. The van der Waals surface area contributed by atoms with Crippen molar-refractivity contribution in [1.29, 1.82) is 0 Å². The van der Waals surface area contributed by atoms with Gasteiger partial charge in [0.25, 0.3) is 0 Å². The summed E-state index contributed by atoms with van der Waals surface area (Å²) in [5.74, 6) is 0. The summed E-state index contributed by atoms with van der Waals surface area (Å²) in [6.07, 6.45) is 0. The summed E-state index contributed by atoms with van der Waals surface area (Å²) in [6, 6.07) is 4.30. The third-order valence-corrected chi connectivity index (χ3v) is 2.37. The van der Waals surface area contributed by atoms with Gasteiger partial charge in [0.2, 0.25) is 0 Å². The quantitative estimate of drug-likeness (QED) is 0.798. The van der Waals surface area contributed by atoms with E-state index in [2.05, 4.69) is 38.2 Å². The zero-order valence-corrected chi connectivity index (χ0v) is 10.3. The molecule has 1 rings (SSSR count). The number of hydrogen-bond acceptors (Lipinski definition) is 2. The van der Waals surface area contributed by atoms with Crippen LogP contribution in [0.5, 0.6) is 0 Å². The summed E-state index contributed by atoms with van der Waals surface area (Å²) >= 11 is 0. The topological polar surface area (TPSA) is 32.3 Å². The largest absolute Gasteiger partial charge is 0.389 e. The van der Waals surface area contributed by atoms with Gasteiger partial charge in [-0.3, -0.25) is 0 Å². The highest BCUT2D eigenvalue weighted by Gasteiger charge is 2.13. The molecule has 0 amide bonds. The number of nitrogens with one attached hydrogen (secondary N) is 1. The van der Waals surface area contributed by atoms with Crippen molar-refractivity contribution in [3.8, 4) is 0 Å². The molecule has 84 valence electrons. The summed E-state index contributed by atoms with van der Waals surface area (Å²) in [6.45, 7) is 10.5. The maximum absolute atomic E-state index is 9.65. The third-order valence-electron chi connectivity index (χ3n) is 2.37. The predicted octanol–water partition coefficient (Wildman–Crippen LogP) is 2.79. The van der Waals surface area contributed by atoms with Crippen LogP contribution in [0.2, 0.25) is 0 Å². The van der Waals surface area contributed by atoms with Gasteiger partial charge in [0.05, 0.1) is 5.60 Å². The number of aryl methyl sites for hydroxylation is 3. The molecule has 0 unspecified atom stereocenters. The Balaban J connectivity index is 2.86. The molecule has 0 fully saturated rings. The second-order valence-electron chi connectivity index (χ2n) is 4.94. The van der Waals surface area contributed by atoms with Crippen molar-refractivity contribution in [2.45, 2.75) is 40.2 Å². The molecule has 0 aliphatic carbocycles. The SMILES string of the molecule is Cc1cc(C)c(NCC(C)(C)O)c(C)c1. The minimum Gasteiger partial charge on any atom is -0.389 e. The van der Waals surface area contributed by atoms with Crippen molar-refractivity contribution < 1.29 is 5.11 Å². The van der Waals surface area contributed by atoms with E-state index in [-0.39, 0.29) is 0 Å². The van der Waals surface area contributed by atoms with Crippen LogP contribution in [0.4, 0.5) is 5.69 Å². The highest BCUT2D eigenvalue weighted by molar-refractivity contribution is 5.58. The molecule has 2 N–H and O–H groups in total. The van der Waals surface area contributed by atoms with E-state index in [9.17, 15) is 5.11 Å². The van der Waals surface area contributed by atoms with Crippen LogP contribution in [-0.4, -0.2) is 17.3 Å². The minimum absolute atomic E-state index is 0.567. The Morgan fingerprint density at radius 1 is 1.13 bits per heavy atom. The molecule has 1 aromatic carbocycles. The van der Waals surface area contributed by atoms with E-state index >= 15 is 0 Å². The smallest absolute Gasteiger partial charge is 0.0763 e. The third kappa shape index (κ3) is 3.56. The molecule has 0 aromatic heterocycles. The van der Waals surface area contributed by atoms with E-state index in [4.69, 9.17) is 0 Å². The van der Waals surface area contributed by atoms with Crippen LogP contribution in [0, 0.1) is 20.8 Å². The maximum Gasteiger partial charge on any atom is 0.0763 e. The lowest BCUT2D eigenvalue weighted by Gasteiger charge is -2.21. The van der Waals surface area contributed by atoms with Gasteiger partial charge in [-0.25, -0.2) is 0 Å². The molecule has 0 atom stereocenters. The fourth-order valence-electron chi connectivity index (χ4n) is 1.76. The fourth-order valence-corrected chi connectivity index (χ4v) is 1.76. The zero-order chi connectivity index (χ0) is 11.6. The Morgan fingerprint density at radius 2 is 1.60 bits per heavy atom. The van der Waals surface area contributed by atoms with Gasteiger partial charge in [0.1, 0.15) is 0 Å². The standard InChI is InChI=1S/C13H21NO/c1-9-6-10(2)12(11(3)7-9)14-8-13(4,5)15/h6-7,14-15H,8H2,1-5H3. The van der Waals surface area contributed by atoms with Crippen molar-refractivity contribution in [2.75, 3.05) is 11.9 Å². The minimum atomic E-state index is -0.677. The van der Waals surface area contributed by atoms with E-state index in [1.807, 2.05) is 0 Å². The first-order chi connectivity index (χ1) is 6.79. The number of aliphatic hydroxyl groups is 1. The van der Waals surface area contributed by atoms with Crippen molar-refractivity contribution in [2.24, 2.45) is 0 Å². The van der Waals surface area contributed by atoms with Crippen molar-refractivity contribution in [3.63, 3.8) is 0 Å². The second kappa shape index (κ2) is 4.23. The zero-order valence-electron chi connectivity index (χ0n) is 10.3. The van der Waals surface area contributed by atoms with E-state index in [0.29, 0.717) is 6.54 Å². The number of anilines is 1. The average molecular weight is 207 g/mol. The molecular weight excluding hydrogens is 186 g/mol. The normalized spacial score (nSPS) is 11.6. The molecule has 0 saturated carbocycles. The van der Waals surface area contributed by atoms with E-state index in [0.717, 1.165) is 5.69 Å². The summed E-state index contributed by atoms with van der Waals surface area (Å²) < 4.78 is 0. The van der Waals surface area contributed by atoms with Gasteiger partial charge in [0, 0.05) is 12.2 Å². The van der Waals surface area contributed by atoms with Crippen molar-refractivity contribution >= 4 is 5.69 Å². The first kappa shape index (κ1) is 12.1. The van der Waals surface area contributed by atoms with Crippen LogP contribution < -0.4 is 5.32 Å². The molecule has 1 aromatic rings. The van der Waals surface area contributed by atoms with Gasteiger partial charge >= 0.3 is 0 Å². The van der Waals surface area contributed by atoms with Gasteiger partial charge in [0.15, 0.2) is 0 Å². The lowest BCUT2D eigenvalue weighted by atomic mass is 10.0. The molecule has 0 aliphatic heterocycles. The Kier molecular flexibility index (Phi) is 3.40. The Bertz CT molecular complexity index is 327. The fraction of sp³-hybridized carbons (Fsp3) is 0.538. The monoisotopic (exact) mass is 207 g/mol. The summed E-state index contributed by atoms with van der Waals surface area (Å²) in [7, 11) is 0. The molecule has 0 heterocycles. The molecule has 0 spiro atoms. The van der Waals surface area contributed by atoms with Gasteiger partial charge in [-0.1, -0.05) is 17.7 Å². The van der Waals surface area contributed by atoms with Crippen molar-refractivity contribution in [1.82, 2.24) is 0 Å². The molecule has 0 bridgehead atoms. The van der Waals surface area contributed by atoms with E-state index < -0.39 is 5.60 Å². The molecular formula is C13H21NO. The average Bonchev–Trinajstić information content (AvgIpc) is 1.99. The number of benzene rings is 1. The van der Waals surface area contributed by atoms with Gasteiger partial charge < -0.3 is 10.4 Å². The van der Waals surface area contributed by atoms with Gasteiger partial charge in [-0.05, 0) is 45.7 Å². The highest BCUT2D eigenvalue weighted by atomic mass is 16.3. The molecule has 2 nitrogen and oxygen atoms in total. The van der Waals surface area contributed by atoms with Crippen molar-refractivity contribution in [3.05, 3.63) is 28.8 Å². The summed E-state index contributed by atoms with van der Waals surface area (Å²) in [4.78, 5) is 0. The van der Waals surface area contributed by atoms with E-state index in [1.165, 1.54) is 16.7 Å². The lowest BCUT2D eigenvalue weighted by Crippen LogP contribution is -2.29. The number of rotatable bonds is 3. The van der Waals surface area contributed by atoms with Crippen LogP contribution in [0.3, 0.4) is 0 Å². The Labute approximate surface area is 92.3 Å². The molecule has 0 aliphatic rings. The first-order valence-electron chi connectivity index (χ1n) is 5.34. The van der Waals surface area contributed by atoms with Gasteiger partial charge in [-0.2, -0.15) is 0 Å². The summed E-state index contributed by atoms with van der Waals surface area (Å²) in [5, 5.41) is 13.0. The molecule has 15 heavy (non-hydrogen) atoms. The Hall–Kier alpha value is -1.02. The molecule has 0 radical (unpaired) electrons. The Morgan fingerprint density at radius 3 is 2.00 bits per heavy atom. The van der Waals surface area contributed by atoms with Crippen LogP contribution in [-0.2, 0) is 0 Å². The van der Waals surface area contributed by atoms with Crippen LogP contribution in [0.25, 0.3) is 0 Å². The predicted molar refractivity (Wildman–Crippen MR) is 65.4 cm³/mol. The van der Waals surface area contributed by atoms with Crippen LogP contribution in [0.15, 0.2) is 12.1 Å². The van der Waals surface area contributed by atoms with E-state index in [1.54, 1.807) is 13.8 Å².